The largest absolute Gasteiger partial charge is 0.417 e. The van der Waals surface area contributed by atoms with Crippen LogP contribution in [0, 0.1) is 5.82 Å². The highest BCUT2D eigenvalue weighted by molar-refractivity contribution is 6.35. The zero-order chi connectivity index (χ0) is 22.5. The van der Waals surface area contributed by atoms with E-state index in [4.69, 9.17) is 23.2 Å². The minimum atomic E-state index is -4.89. The first-order valence-corrected chi connectivity index (χ1v) is 9.60. The van der Waals surface area contributed by atoms with Crippen molar-refractivity contribution in [2.75, 3.05) is 26.8 Å². The maximum Gasteiger partial charge on any atom is 0.417 e. The number of rotatable bonds is 8. The Morgan fingerprint density at radius 3 is 2.10 bits per heavy atom. The molecule has 0 amide bonds. The second-order valence-electron chi connectivity index (χ2n) is 6.61. The maximum absolute atomic E-state index is 13.5. The van der Waals surface area contributed by atoms with Gasteiger partial charge in [-0.05, 0) is 42.8 Å². The van der Waals surface area contributed by atoms with Crippen molar-refractivity contribution < 1.29 is 26.7 Å². The van der Waals surface area contributed by atoms with Gasteiger partial charge in [0.2, 0.25) is 0 Å². The van der Waals surface area contributed by atoms with Gasteiger partial charge in [-0.1, -0.05) is 47.5 Å². The van der Waals surface area contributed by atoms with Crippen LogP contribution in [0.2, 0.25) is 10.0 Å². The van der Waals surface area contributed by atoms with Gasteiger partial charge in [-0.25, -0.2) is 8.78 Å². The Morgan fingerprint density at radius 2 is 1.60 bits per heavy atom. The minimum absolute atomic E-state index is 0.0527. The number of ketones is 1. The van der Waals surface area contributed by atoms with Gasteiger partial charge in [-0.3, -0.25) is 4.79 Å². The highest BCUT2D eigenvalue weighted by atomic mass is 35.5. The van der Waals surface area contributed by atoms with Gasteiger partial charge in [0, 0.05) is 18.7 Å². The number of benzene rings is 2. The fourth-order valence-electron chi connectivity index (χ4n) is 2.67. The van der Waals surface area contributed by atoms with Crippen molar-refractivity contribution in [2.45, 2.75) is 12.6 Å². The third-order valence-electron chi connectivity index (χ3n) is 4.36. The van der Waals surface area contributed by atoms with Crippen molar-refractivity contribution in [2.24, 2.45) is 0 Å². The summed E-state index contributed by atoms with van der Waals surface area (Å²) in [6.07, 6.45) is -3.85. The predicted molar refractivity (Wildman–Crippen MR) is 108 cm³/mol. The second-order valence-corrected chi connectivity index (χ2v) is 7.43. The van der Waals surface area contributed by atoms with E-state index in [0.717, 1.165) is 17.7 Å². The number of hydrogen-bond acceptors (Lipinski definition) is 2. The van der Waals surface area contributed by atoms with Crippen LogP contribution >= 0.6 is 23.2 Å². The van der Waals surface area contributed by atoms with E-state index in [1.807, 2.05) is 0 Å². The van der Waals surface area contributed by atoms with Crippen LogP contribution in [-0.2, 0) is 6.42 Å². The Labute approximate surface area is 180 Å². The molecule has 9 heteroatoms. The molecule has 0 radical (unpaired) electrons. The van der Waals surface area contributed by atoms with Gasteiger partial charge in [0.1, 0.15) is 6.67 Å². The van der Waals surface area contributed by atoms with Gasteiger partial charge < -0.3 is 4.90 Å². The smallest absolute Gasteiger partial charge is 0.303 e. The van der Waals surface area contributed by atoms with Crippen LogP contribution in [0.25, 0.3) is 5.57 Å². The van der Waals surface area contributed by atoms with Crippen LogP contribution in [-0.4, -0.2) is 43.7 Å². The molecule has 0 spiro atoms. The number of hydrogen-bond donors (Lipinski definition) is 0. The third kappa shape index (κ3) is 6.52. The van der Waals surface area contributed by atoms with E-state index < -0.39 is 45.6 Å². The normalized spacial score (nSPS) is 12.5. The Morgan fingerprint density at radius 1 is 1.03 bits per heavy atom. The van der Waals surface area contributed by atoms with Gasteiger partial charge in [0.05, 0.1) is 15.6 Å². The molecule has 0 aromatic heterocycles. The van der Waals surface area contributed by atoms with Gasteiger partial charge >= 0.3 is 6.18 Å². The molecule has 0 unspecified atom stereocenters. The number of alkyl halides is 4. The van der Waals surface area contributed by atoms with Crippen molar-refractivity contribution in [3.63, 3.8) is 0 Å². The van der Waals surface area contributed by atoms with Crippen LogP contribution in [0.5, 0.6) is 0 Å². The average molecular weight is 466 g/mol. The van der Waals surface area contributed by atoms with Crippen molar-refractivity contribution in [3.05, 3.63) is 75.0 Å². The fourth-order valence-corrected chi connectivity index (χ4v) is 3.15. The molecule has 2 rings (SSSR count). The molecule has 162 valence electrons. The molecular weight excluding hydrogens is 448 g/mol. The van der Waals surface area contributed by atoms with Crippen LogP contribution in [0.4, 0.5) is 22.0 Å². The summed E-state index contributed by atoms with van der Waals surface area (Å²) < 4.78 is 66.4. The first-order chi connectivity index (χ1) is 14.0. The van der Waals surface area contributed by atoms with Gasteiger partial charge in [-0.15, -0.1) is 0 Å². The van der Waals surface area contributed by atoms with Crippen molar-refractivity contribution in [3.8, 4) is 0 Å². The van der Waals surface area contributed by atoms with E-state index in [0.29, 0.717) is 25.6 Å². The molecule has 0 aliphatic carbocycles. The minimum Gasteiger partial charge on any atom is -0.303 e. The van der Waals surface area contributed by atoms with Crippen molar-refractivity contribution in [1.82, 2.24) is 4.90 Å². The maximum atomic E-state index is 13.5. The van der Waals surface area contributed by atoms with Gasteiger partial charge in [-0.2, -0.15) is 13.2 Å². The van der Waals surface area contributed by atoms with E-state index in [-0.39, 0.29) is 5.56 Å². The molecule has 2 aromatic rings. The average Bonchev–Trinajstić information content (AvgIpc) is 2.68. The first kappa shape index (κ1) is 24.3. The molecular formula is C21H18Cl2F5NO. The van der Waals surface area contributed by atoms with Crippen LogP contribution in [0.15, 0.2) is 42.5 Å². The second kappa shape index (κ2) is 10.4. The number of carbonyl (C=O) groups excluding carboxylic acids is 1. The fraction of sp³-hybridized carbons (Fsp3) is 0.286. The molecule has 0 saturated heterocycles. The van der Waals surface area contributed by atoms with Crippen LogP contribution in [0.3, 0.4) is 0 Å². The Balaban J connectivity index is 2.26. The highest BCUT2D eigenvalue weighted by Crippen LogP contribution is 2.37. The van der Waals surface area contributed by atoms with Crippen LogP contribution < -0.4 is 0 Å². The first-order valence-electron chi connectivity index (χ1n) is 8.84. The summed E-state index contributed by atoms with van der Waals surface area (Å²) in [5.41, 5.74) is -0.890. The summed E-state index contributed by atoms with van der Waals surface area (Å²) in [6, 6.07) is 7.63. The van der Waals surface area contributed by atoms with E-state index in [2.05, 4.69) is 0 Å². The predicted octanol–water partition coefficient (Wildman–Crippen LogP) is 6.40. The zero-order valence-electron chi connectivity index (χ0n) is 15.9. The standard InChI is InChI=1S/C21H18Cl2F5NO/c1-29(9-7-24)8-6-13-2-4-14(5-3-13)19(30)12-16(21(26,27)28)15-10-17(22)20(25)18(23)11-15/h2-5,10-12H,6-9H2,1H3/b16-12+. The lowest BCUT2D eigenvalue weighted by atomic mass is 10.00. The summed E-state index contributed by atoms with van der Waals surface area (Å²) in [7, 11) is 1.77. The van der Waals surface area contributed by atoms with Gasteiger partial charge in [0.25, 0.3) is 0 Å². The monoisotopic (exact) mass is 465 g/mol. The summed E-state index contributed by atoms with van der Waals surface area (Å²) in [4.78, 5) is 14.2. The Hall–Kier alpha value is -1.96. The topological polar surface area (TPSA) is 20.3 Å². The molecule has 30 heavy (non-hydrogen) atoms. The molecule has 0 heterocycles. The van der Waals surface area contributed by atoms with Gasteiger partial charge in [0.15, 0.2) is 11.6 Å². The summed E-state index contributed by atoms with van der Waals surface area (Å²) in [5.74, 6) is -1.91. The Kier molecular flexibility index (Phi) is 8.41. The summed E-state index contributed by atoms with van der Waals surface area (Å²) >= 11 is 11.2. The highest BCUT2D eigenvalue weighted by Gasteiger charge is 2.36. The van der Waals surface area contributed by atoms with Crippen molar-refractivity contribution in [1.29, 1.82) is 0 Å². The quantitative estimate of drug-likeness (QED) is 0.194. The lowest BCUT2D eigenvalue weighted by Gasteiger charge is -2.14. The summed E-state index contributed by atoms with van der Waals surface area (Å²) in [6.45, 7) is 0.447. The number of halogens is 7. The molecule has 0 aliphatic heterocycles. The molecule has 0 N–H and O–H groups in total. The zero-order valence-corrected chi connectivity index (χ0v) is 17.4. The molecule has 0 fully saturated rings. The molecule has 0 atom stereocenters. The van der Waals surface area contributed by atoms with E-state index in [9.17, 15) is 26.7 Å². The summed E-state index contributed by atoms with van der Waals surface area (Å²) in [5, 5.41) is -1.16. The number of likely N-dealkylation sites (N-methyl/N-ethyl adjacent to an activating group) is 1. The molecule has 2 aromatic carbocycles. The third-order valence-corrected chi connectivity index (χ3v) is 4.91. The lowest BCUT2D eigenvalue weighted by Crippen LogP contribution is -2.23. The number of carbonyl (C=O) groups is 1. The SMILES string of the molecule is CN(CCF)CCc1ccc(C(=O)/C=C(\c2cc(Cl)c(F)c(Cl)c2)C(F)(F)F)cc1. The molecule has 0 saturated carbocycles. The van der Waals surface area contributed by atoms with E-state index in [1.165, 1.54) is 12.1 Å². The van der Waals surface area contributed by atoms with Crippen molar-refractivity contribution >= 4 is 34.6 Å². The molecule has 0 aliphatic rings. The van der Waals surface area contributed by atoms with E-state index >= 15 is 0 Å². The molecule has 2 nitrogen and oxygen atoms in total. The van der Waals surface area contributed by atoms with E-state index in [1.54, 1.807) is 24.1 Å². The van der Waals surface area contributed by atoms with Crippen LogP contribution in [0.1, 0.15) is 21.5 Å². The Bertz CT molecular complexity index is 903. The number of nitrogens with zero attached hydrogens (tertiary/aromatic N) is 1. The lowest BCUT2D eigenvalue weighted by molar-refractivity contribution is -0.0689. The number of allylic oxidation sites excluding steroid dienone is 2. The molecule has 0 bridgehead atoms.